The number of carbonyl (C=O) groups excluding carboxylic acids is 1. The molecule has 1 aliphatic rings. The van der Waals surface area contributed by atoms with Crippen molar-refractivity contribution >= 4 is 29.3 Å². The van der Waals surface area contributed by atoms with Gasteiger partial charge in [0.1, 0.15) is 0 Å². The molecule has 0 aromatic heterocycles. The average molecular weight is 311 g/mol. The first kappa shape index (κ1) is 15.6. The minimum Gasteiger partial charge on any atom is -0.478 e. The van der Waals surface area contributed by atoms with E-state index in [0.717, 1.165) is 19.3 Å². The zero-order valence-electron chi connectivity index (χ0n) is 11.9. The Bertz CT molecular complexity index is 548. The molecule has 1 aromatic rings. The first-order chi connectivity index (χ1) is 9.97. The first-order valence-electron chi connectivity index (χ1n) is 7.07. The summed E-state index contributed by atoms with van der Waals surface area (Å²) in [5, 5.41) is 14.7. The molecule has 0 spiro atoms. The van der Waals surface area contributed by atoms with Gasteiger partial charge in [-0.1, -0.05) is 31.4 Å². The fraction of sp³-hybridized carbons (Fsp3) is 0.467. The van der Waals surface area contributed by atoms with E-state index in [1.807, 2.05) is 0 Å². The van der Waals surface area contributed by atoms with Crippen molar-refractivity contribution in [1.82, 2.24) is 5.32 Å². The van der Waals surface area contributed by atoms with Gasteiger partial charge >= 0.3 is 12.0 Å². The van der Waals surface area contributed by atoms with Crippen molar-refractivity contribution in [1.29, 1.82) is 0 Å². The van der Waals surface area contributed by atoms with Gasteiger partial charge in [0.15, 0.2) is 0 Å². The Balaban J connectivity index is 1.97. The number of halogens is 1. The van der Waals surface area contributed by atoms with Crippen LogP contribution in [0.1, 0.15) is 43.0 Å². The molecule has 0 heterocycles. The molecule has 0 radical (unpaired) electrons. The minimum absolute atomic E-state index is 0.0897. The third-order valence-electron chi connectivity index (χ3n) is 3.89. The molecule has 0 saturated heterocycles. The molecular formula is C15H19ClN2O3. The minimum atomic E-state index is -1.05. The maximum Gasteiger partial charge on any atom is 0.335 e. The molecule has 1 fully saturated rings. The van der Waals surface area contributed by atoms with Crippen LogP contribution in [-0.4, -0.2) is 23.1 Å². The number of benzene rings is 1. The number of amides is 2. The molecule has 6 heteroatoms. The van der Waals surface area contributed by atoms with E-state index >= 15 is 0 Å². The molecule has 2 unspecified atom stereocenters. The molecule has 1 saturated carbocycles. The SMILES string of the molecule is CC1CCCCC1NC(=O)Nc1ccc(C(=O)O)cc1Cl. The number of hydrogen-bond acceptors (Lipinski definition) is 2. The molecule has 2 amide bonds. The second kappa shape index (κ2) is 6.80. The number of carboxylic acids is 1. The Hall–Kier alpha value is -1.75. The number of urea groups is 1. The summed E-state index contributed by atoms with van der Waals surface area (Å²) in [7, 11) is 0. The first-order valence-corrected chi connectivity index (χ1v) is 7.45. The van der Waals surface area contributed by atoms with E-state index in [1.54, 1.807) is 0 Å². The van der Waals surface area contributed by atoms with Gasteiger partial charge in [0.25, 0.3) is 0 Å². The summed E-state index contributed by atoms with van der Waals surface area (Å²) in [5.74, 6) is -0.585. The van der Waals surface area contributed by atoms with Crippen LogP contribution in [-0.2, 0) is 0 Å². The Morgan fingerprint density at radius 2 is 2.00 bits per heavy atom. The van der Waals surface area contributed by atoms with Crippen molar-refractivity contribution in [2.24, 2.45) is 5.92 Å². The van der Waals surface area contributed by atoms with E-state index in [2.05, 4.69) is 17.6 Å². The van der Waals surface area contributed by atoms with Crippen LogP contribution < -0.4 is 10.6 Å². The predicted molar refractivity (Wildman–Crippen MR) is 82.0 cm³/mol. The maximum absolute atomic E-state index is 12.0. The van der Waals surface area contributed by atoms with Crippen LogP contribution in [0.15, 0.2) is 18.2 Å². The van der Waals surface area contributed by atoms with Gasteiger partial charge in [0.05, 0.1) is 16.3 Å². The lowest BCUT2D eigenvalue weighted by atomic mass is 9.86. The van der Waals surface area contributed by atoms with Crippen molar-refractivity contribution < 1.29 is 14.7 Å². The number of nitrogens with one attached hydrogen (secondary N) is 2. The van der Waals surface area contributed by atoms with Gasteiger partial charge in [-0.2, -0.15) is 0 Å². The quantitative estimate of drug-likeness (QED) is 0.795. The third kappa shape index (κ3) is 4.11. The number of hydrogen-bond donors (Lipinski definition) is 3. The largest absolute Gasteiger partial charge is 0.478 e. The van der Waals surface area contributed by atoms with Crippen molar-refractivity contribution in [3.63, 3.8) is 0 Å². The molecule has 1 aromatic carbocycles. The van der Waals surface area contributed by atoms with Gasteiger partial charge in [-0.25, -0.2) is 9.59 Å². The van der Waals surface area contributed by atoms with Crippen molar-refractivity contribution in [2.45, 2.75) is 38.6 Å². The number of rotatable bonds is 3. The highest BCUT2D eigenvalue weighted by Gasteiger charge is 2.23. The summed E-state index contributed by atoms with van der Waals surface area (Å²) >= 11 is 5.98. The van der Waals surface area contributed by atoms with Gasteiger partial charge in [-0.05, 0) is 37.0 Å². The average Bonchev–Trinajstić information content (AvgIpc) is 2.43. The lowest BCUT2D eigenvalue weighted by molar-refractivity contribution is 0.0697. The number of carboxylic acid groups (broad SMARTS) is 1. The molecule has 114 valence electrons. The summed E-state index contributed by atoms with van der Waals surface area (Å²) < 4.78 is 0. The van der Waals surface area contributed by atoms with E-state index < -0.39 is 5.97 Å². The molecule has 5 nitrogen and oxygen atoms in total. The lowest BCUT2D eigenvalue weighted by Crippen LogP contribution is -2.43. The summed E-state index contributed by atoms with van der Waals surface area (Å²) in [6, 6.07) is 4.10. The van der Waals surface area contributed by atoms with Crippen molar-refractivity contribution in [3.8, 4) is 0 Å². The van der Waals surface area contributed by atoms with Gasteiger partial charge in [-0.3, -0.25) is 0 Å². The maximum atomic E-state index is 12.0. The zero-order valence-corrected chi connectivity index (χ0v) is 12.6. The highest BCUT2D eigenvalue weighted by molar-refractivity contribution is 6.34. The second-order valence-corrected chi connectivity index (χ2v) is 5.87. The van der Waals surface area contributed by atoms with E-state index in [-0.39, 0.29) is 22.7 Å². The predicted octanol–water partition coefficient (Wildman–Crippen LogP) is 3.74. The summed E-state index contributed by atoms with van der Waals surface area (Å²) in [5.41, 5.74) is 0.495. The van der Waals surface area contributed by atoms with Crippen LogP contribution in [0.4, 0.5) is 10.5 Å². The fourth-order valence-corrected chi connectivity index (χ4v) is 2.83. The number of aromatic carboxylic acids is 1. The van der Waals surface area contributed by atoms with E-state index in [9.17, 15) is 9.59 Å². The highest BCUT2D eigenvalue weighted by atomic mass is 35.5. The molecule has 1 aliphatic carbocycles. The second-order valence-electron chi connectivity index (χ2n) is 5.47. The Labute approximate surface area is 128 Å². The van der Waals surface area contributed by atoms with Gasteiger partial charge in [0.2, 0.25) is 0 Å². The van der Waals surface area contributed by atoms with Crippen LogP contribution in [0.25, 0.3) is 0 Å². The Morgan fingerprint density at radius 3 is 2.62 bits per heavy atom. The number of anilines is 1. The van der Waals surface area contributed by atoms with E-state index in [0.29, 0.717) is 11.6 Å². The molecule has 21 heavy (non-hydrogen) atoms. The van der Waals surface area contributed by atoms with Crippen LogP contribution in [0.5, 0.6) is 0 Å². The Kier molecular flexibility index (Phi) is 5.07. The van der Waals surface area contributed by atoms with Crippen molar-refractivity contribution in [2.75, 3.05) is 5.32 Å². The van der Waals surface area contributed by atoms with Crippen LogP contribution in [0, 0.1) is 5.92 Å². The summed E-state index contributed by atoms with van der Waals surface area (Å²) in [4.78, 5) is 22.8. The molecular weight excluding hydrogens is 292 g/mol. The smallest absolute Gasteiger partial charge is 0.335 e. The van der Waals surface area contributed by atoms with Gasteiger partial charge in [0, 0.05) is 6.04 Å². The highest BCUT2D eigenvalue weighted by Crippen LogP contribution is 2.25. The van der Waals surface area contributed by atoms with E-state index in [1.165, 1.54) is 24.6 Å². The molecule has 3 N–H and O–H groups in total. The van der Waals surface area contributed by atoms with Crippen LogP contribution in [0.2, 0.25) is 5.02 Å². The van der Waals surface area contributed by atoms with Gasteiger partial charge < -0.3 is 15.7 Å². The topological polar surface area (TPSA) is 78.4 Å². The zero-order chi connectivity index (χ0) is 15.4. The van der Waals surface area contributed by atoms with Crippen LogP contribution >= 0.6 is 11.6 Å². The molecule has 2 rings (SSSR count). The lowest BCUT2D eigenvalue weighted by Gasteiger charge is -2.29. The van der Waals surface area contributed by atoms with E-state index in [4.69, 9.17) is 16.7 Å². The molecule has 0 aliphatic heterocycles. The summed E-state index contributed by atoms with van der Waals surface area (Å²) in [6.07, 6.45) is 4.45. The number of carbonyl (C=O) groups is 2. The fourth-order valence-electron chi connectivity index (χ4n) is 2.61. The van der Waals surface area contributed by atoms with Crippen molar-refractivity contribution in [3.05, 3.63) is 28.8 Å². The summed E-state index contributed by atoms with van der Waals surface area (Å²) in [6.45, 7) is 2.14. The Morgan fingerprint density at radius 1 is 1.29 bits per heavy atom. The normalized spacial score (nSPS) is 21.6. The van der Waals surface area contributed by atoms with Gasteiger partial charge in [-0.15, -0.1) is 0 Å². The monoisotopic (exact) mass is 310 g/mol. The van der Waals surface area contributed by atoms with Crippen LogP contribution in [0.3, 0.4) is 0 Å². The molecule has 0 bridgehead atoms. The molecule has 2 atom stereocenters. The standard InChI is InChI=1S/C15H19ClN2O3/c1-9-4-2-3-5-12(9)17-15(21)18-13-7-6-10(14(19)20)8-11(13)16/h6-9,12H,2-5H2,1H3,(H,19,20)(H2,17,18,21). The third-order valence-corrected chi connectivity index (χ3v) is 4.20.